The van der Waals surface area contributed by atoms with Gasteiger partial charge in [0.1, 0.15) is 11.6 Å². The number of aromatic nitrogens is 3. The Labute approximate surface area is 160 Å². The predicted molar refractivity (Wildman–Crippen MR) is 105 cm³/mol. The van der Waals surface area contributed by atoms with Crippen LogP contribution in [0.4, 0.5) is 0 Å². The molecule has 2 N–H and O–H groups in total. The first-order valence-corrected chi connectivity index (χ1v) is 9.25. The molecule has 8 heteroatoms. The number of H-pyrrole nitrogens is 1. The molecule has 1 heterocycles. The van der Waals surface area contributed by atoms with Crippen LogP contribution in [0.2, 0.25) is 0 Å². The van der Waals surface area contributed by atoms with Crippen LogP contribution in [0.3, 0.4) is 0 Å². The molecule has 1 aliphatic carbocycles. The molecule has 1 aromatic carbocycles. The smallest absolute Gasteiger partial charge is 0.193 e. The molecular formula is C19H28N6O2. The van der Waals surface area contributed by atoms with Gasteiger partial charge in [-0.15, -0.1) is 0 Å². The summed E-state index contributed by atoms with van der Waals surface area (Å²) in [7, 11) is 5.42. The number of nitrogens with one attached hydrogen (secondary N) is 2. The maximum atomic E-state index is 5.69. The molecule has 146 valence electrons. The van der Waals surface area contributed by atoms with Crippen molar-refractivity contribution in [3.05, 3.63) is 30.1 Å². The molecule has 0 unspecified atom stereocenters. The zero-order chi connectivity index (χ0) is 19.1. The number of hydrogen-bond donors (Lipinski definition) is 2. The van der Waals surface area contributed by atoms with Crippen molar-refractivity contribution in [2.24, 2.45) is 10.9 Å². The average molecular weight is 372 g/mol. The van der Waals surface area contributed by atoms with E-state index in [9.17, 15) is 0 Å². The van der Waals surface area contributed by atoms with Gasteiger partial charge in [0.15, 0.2) is 11.8 Å². The van der Waals surface area contributed by atoms with Gasteiger partial charge in [0, 0.05) is 32.8 Å². The van der Waals surface area contributed by atoms with Crippen molar-refractivity contribution in [2.45, 2.75) is 19.4 Å². The minimum atomic E-state index is 0.517. The molecule has 1 aliphatic rings. The Hall–Kier alpha value is -2.61. The van der Waals surface area contributed by atoms with Gasteiger partial charge < -0.3 is 19.7 Å². The summed E-state index contributed by atoms with van der Waals surface area (Å²) in [6, 6.07) is 7.67. The second-order valence-corrected chi connectivity index (χ2v) is 6.67. The van der Waals surface area contributed by atoms with E-state index in [0.29, 0.717) is 19.0 Å². The lowest BCUT2D eigenvalue weighted by molar-refractivity contribution is 0.115. The molecule has 1 fully saturated rings. The Kier molecular flexibility index (Phi) is 6.64. The van der Waals surface area contributed by atoms with Crippen LogP contribution in [0.15, 0.2) is 29.3 Å². The lowest BCUT2D eigenvalue weighted by atomic mass is 10.2. The fraction of sp³-hybridized carbons (Fsp3) is 0.526. The summed E-state index contributed by atoms with van der Waals surface area (Å²) >= 11 is 0. The van der Waals surface area contributed by atoms with Crippen LogP contribution in [-0.4, -0.2) is 67.0 Å². The monoisotopic (exact) mass is 372 g/mol. The van der Waals surface area contributed by atoms with Crippen molar-refractivity contribution >= 4 is 5.96 Å². The zero-order valence-electron chi connectivity index (χ0n) is 16.2. The normalized spacial score (nSPS) is 14.3. The van der Waals surface area contributed by atoms with Crippen LogP contribution < -0.4 is 10.1 Å². The third-order valence-corrected chi connectivity index (χ3v) is 4.49. The van der Waals surface area contributed by atoms with E-state index in [1.165, 1.54) is 12.8 Å². The van der Waals surface area contributed by atoms with Crippen molar-refractivity contribution in [1.82, 2.24) is 25.4 Å². The van der Waals surface area contributed by atoms with Crippen molar-refractivity contribution in [3.8, 4) is 17.1 Å². The van der Waals surface area contributed by atoms with Crippen LogP contribution >= 0.6 is 0 Å². The molecule has 1 saturated carbocycles. The van der Waals surface area contributed by atoms with Crippen molar-refractivity contribution in [3.63, 3.8) is 0 Å². The Bertz CT molecular complexity index is 739. The maximum Gasteiger partial charge on any atom is 0.193 e. The number of hydrogen-bond acceptors (Lipinski definition) is 5. The number of benzene rings is 1. The SMILES string of the molecule is CN=C(NCc1nc(-c2ccc(OC)cc2)n[nH]1)N(C)CCOCC1CC1. The molecule has 8 nitrogen and oxygen atoms in total. The Balaban J connectivity index is 1.46. The fourth-order valence-corrected chi connectivity index (χ4v) is 2.63. The van der Waals surface area contributed by atoms with Crippen LogP contribution in [0, 0.1) is 5.92 Å². The summed E-state index contributed by atoms with van der Waals surface area (Å²) < 4.78 is 10.9. The van der Waals surface area contributed by atoms with Gasteiger partial charge in [0.05, 0.1) is 20.3 Å². The molecule has 0 atom stereocenters. The molecule has 0 radical (unpaired) electrons. The van der Waals surface area contributed by atoms with Gasteiger partial charge >= 0.3 is 0 Å². The Morgan fingerprint density at radius 2 is 2.11 bits per heavy atom. The first-order valence-electron chi connectivity index (χ1n) is 9.25. The summed E-state index contributed by atoms with van der Waals surface area (Å²) in [6.45, 7) is 2.90. The van der Waals surface area contributed by atoms with Gasteiger partial charge in [0.2, 0.25) is 0 Å². The third kappa shape index (κ3) is 5.68. The van der Waals surface area contributed by atoms with E-state index in [-0.39, 0.29) is 0 Å². The van der Waals surface area contributed by atoms with Crippen LogP contribution in [0.25, 0.3) is 11.4 Å². The quantitative estimate of drug-likeness (QED) is 0.397. The van der Waals surface area contributed by atoms with Gasteiger partial charge in [-0.3, -0.25) is 10.1 Å². The van der Waals surface area contributed by atoms with Gasteiger partial charge in [-0.2, -0.15) is 5.10 Å². The van der Waals surface area contributed by atoms with Crippen LogP contribution in [-0.2, 0) is 11.3 Å². The van der Waals surface area contributed by atoms with Gasteiger partial charge in [0.25, 0.3) is 0 Å². The summed E-state index contributed by atoms with van der Waals surface area (Å²) in [5.74, 6) is 3.81. The molecule has 0 bridgehead atoms. The van der Waals surface area contributed by atoms with E-state index >= 15 is 0 Å². The van der Waals surface area contributed by atoms with E-state index < -0.39 is 0 Å². The first-order chi connectivity index (χ1) is 13.2. The fourth-order valence-electron chi connectivity index (χ4n) is 2.63. The number of guanidine groups is 1. The van der Waals surface area contributed by atoms with E-state index in [2.05, 4.69) is 25.5 Å². The molecule has 0 aliphatic heterocycles. The molecule has 3 rings (SSSR count). The average Bonchev–Trinajstić information content (AvgIpc) is 3.41. The molecule has 2 aromatic rings. The minimum Gasteiger partial charge on any atom is -0.497 e. The molecule has 0 spiro atoms. The highest BCUT2D eigenvalue weighted by Crippen LogP contribution is 2.28. The van der Waals surface area contributed by atoms with E-state index in [1.807, 2.05) is 36.2 Å². The summed E-state index contributed by atoms with van der Waals surface area (Å²) in [6.07, 6.45) is 2.63. The standard InChI is InChI=1S/C19H28N6O2/c1-20-19(25(2)10-11-27-13-14-4-5-14)21-12-17-22-18(24-23-17)15-6-8-16(26-3)9-7-15/h6-9,14H,4-5,10-13H2,1-3H3,(H,20,21)(H,22,23,24). The molecule has 0 saturated heterocycles. The highest BCUT2D eigenvalue weighted by molar-refractivity contribution is 5.79. The number of aromatic amines is 1. The number of ether oxygens (including phenoxy) is 2. The first kappa shape index (κ1) is 19.2. The number of rotatable bonds is 9. The van der Waals surface area contributed by atoms with E-state index in [1.54, 1.807) is 14.2 Å². The molecular weight excluding hydrogens is 344 g/mol. The zero-order valence-corrected chi connectivity index (χ0v) is 16.2. The topological polar surface area (TPSA) is 87.7 Å². The Morgan fingerprint density at radius 1 is 1.33 bits per heavy atom. The highest BCUT2D eigenvalue weighted by atomic mass is 16.5. The maximum absolute atomic E-state index is 5.69. The van der Waals surface area contributed by atoms with E-state index in [0.717, 1.165) is 42.2 Å². The van der Waals surface area contributed by atoms with Gasteiger partial charge in [-0.05, 0) is 43.0 Å². The highest BCUT2D eigenvalue weighted by Gasteiger charge is 2.21. The Morgan fingerprint density at radius 3 is 2.78 bits per heavy atom. The lowest BCUT2D eigenvalue weighted by Gasteiger charge is -2.21. The van der Waals surface area contributed by atoms with Crippen molar-refractivity contribution in [1.29, 1.82) is 0 Å². The molecule has 1 aromatic heterocycles. The number of nitrogens with zero attached hydrogens (tertiary/aromatic N) is 4. The van der Waals surface area contributed by atoms with Gasteiger partial charge in [-0.25, -0.2) is 4.98 Å². The van der Waals surface area contributed by atoms with Crippen molar-refractivity contribution in [2.75, 3.05) is 41.0 Å². The largest absolute Gasteiger partial charge is 0.497 e. The lowest BCUT2D eigenvalue weighted by Crippen LogP contribution is -2.40. The van der Waals surface area contributed by atoms with Gasteiger partial charge in [-0.1, -0.05) is 0 Å². The third-order valence-electron chi connectivity index (χ3n) is 4.49. The number of likely N-dealkylation sites (N-methyl/N-ethyl adjacent to an activating group) is 1. The van der Waals surface area contributed by atoms with Crippen LogP contribution in [0.5, 0.6) is 5.75 Å². The van der Waals surface area contributed by atoms with Crippen LogP contribution in [0.1, 0.15) is 18.7 Å². The van der Waals surface area contributed by atoms with Crippen molar-refractivity contribution < 1.29 is 9.47 Å². The summed E-state index contributed by atoms with van der Waals surface area (Å²) in [4.78, 5) is 10.9. The number of aliphatic imine (C=N–C) groups is 1. The molecule has 0 amide bonds. The second-order valence-electron chi connectivity index (χ2n) is 6.67. The second kappa shape index (κ2) is 9.36. The summed E-state index contributed by atoms with van der Waals surface area (Å²) in [5, 5.41) is 10.6. The molecule has 27 heavy (non-hydrogen) atoms. The minimum absolute atomic E-state index is 0.517. The predicted octanol–water partition coefficient (Wildman–Crippen LogP) is 1.91. The van der Waals surface area contributed by atoms with E-state index in [4.69, 9.17) is 9.47 Å². The number of methoxy groups -OCH3 is 1. The summed E-state index contributed by atoms with van der Waals surface area (Å²) in [5.41, 5.74) is 0.938.